The minimum absolute atomic E-state index is 0. The molecule has 0 unspecified atom stereocenters. The highest BCUT2D eigenvalue weighted by Crippen LogP contribution is 2.37. The maximum absolute atomic E-state index is 12.5. The molecule has 2 fully saturated rings. The SMILES string of the molecule is Cc1c(C(=O)N2CCC3(CCNC3)CC2)cnn1C.Cl. The third kappa shape index (κ3) is 2.56. The molecule has 1 N–H and O–H groups in total. The van der Waals surface area contributed by atoms with Crippen LogP contribution in [0.4, 0.5) is 0 Å². The lowest BCUT2D eigenvalue weighted by Gasteiger charge is -2.38. The monoisotopic (exact) mass is 298 g/mol. The second-order valence-corrected chi connectivity index (χ2v) is 5.99. The molecule has 2 aliphatic rings. The van der Waals surface area contributed by atoms with Crippen LogP contribution in [0.15, 0.2) is 6.20 Å². The van der Waals surface area contributed by atoms with Gasteiger partial charge >= 0.3 is 0 Å². The summed E-state index contributed by atoms with van der Waals surface area (Å²) >= 11 is 0. The smallest absolute Gasteiger partial charge is 0.257 e. The lowest BCUT2D eigenvalue weighted by Crippen LogP contribution is -2.44. The van der Waals surface area contributed by atoms with Gasteiger partial charge in [0.1, 0.15) is 0 Å². The average Bonchev–Trinajstić information content (AvgIpc) is 2.99. The van der Waals surface area contributed by atoms with E-state index in [1.807, 2.05) is 18.9 Å². The van der Waals surface area contributed by atoms with Crippen molar-refractivity contribution in [3.05, 3.63) is 17.5 Å². The molecule has 6 heteroatoms. The summed E-state index contributed by atoms with van der Waals surface area (Å²) in [6.45, 7) is 5.98. The maximum atomic E-state index is 12.5. The Hall–Kier alpha value is -1.07. The molecule has 1 amide bonds. The molecule has 112 valence electrons. The Morgan fingerprint density at radius 3 is 2.55 bits per heavy atom. The van der Waals surface area contributed by atoms with Crippen LogP contribution in [0.3, 0.4) is 0 Å². The molecular weight excluding hydrogens is 276 g/mol. The number of hydrogen-bond acceptors (Lipinski definition) is 3. The molecule has 0 atom stereocenters. The molecular formula is C14H23ClN4O. The van der Waals surface area contributed by atoms with E-state index in [9.17, 15) is 4.79 Å². The van der Waals surface area contributed by atoms with E-state index in [1.54, 1.807) is 10.9 Å². The quantitative estimate of drug-likeness (QED) is 0.852. The van der Waals surface area contributed by atoms with Gasteiger partial charge in [-0.1, -0.05) is 0 Å². The highest BCUT2D eigenvalue weighted by Gasteiger charge is 2.38. The van der Waals surface area contributed by atoms with Gasteiger partial charge in [0.2, 0.25) is 0 Å². The van der Waals surface area contributed by atoms with Crippen LogP contribution in [0.2, 0.25) is 0 Å². The van der Waals surface area contributed by atoms with E-state index in [1.165, 1.54) is 6.42 Å². The first-order chi connectivity index (χ1) is 9.11. The average molecular weight is 299 g/mol. The summed E-state index contributed by atoms with van der Waals surface area (Å²) in [6.07, 6.45) is 5.22. The zero-order chi connectivity index (χ0) is 13.5. The van der Waals surface area contributed by atoms with Gasteiger partial charge < -0.3 is 10.2 Å². The summed E-state index contributed by atoms with van der Waals surface area (Å²) in [5.74, 6) is 0.145. The number of nitrogens with zero attached hydrogens (tertiary/aromatic N) is 3. The fourth-order valence-corrected chi connectivity index (χ4v) is 3.29. The number of hydrogen-bond donors (Lipinski definition) is 1. The van der Waals surface area contributed by atoms with E-state index in [-0.39, 0.29) is 18.3 Å². The predicted octanol–water partition coefficient (Wildman–Crippen LogP) is 1.37. The minimum Gasteiger partial charge on any atom is -0.339 e. The molecule has 20 heavy (non-hydrogen) atoms. The lowest BCUT2D eigenvalue weighted by molar-refractivity contribution is 0.0607. The van der Waals surface area contributed by atoms with Crippen LogP contribution < -0.4 is 5.32 Å². The zero-order valence-corrected chi connectivity index (χ0v) is 13.0. The standard InChI is InChI=1S/C14H22N4O.ClH/c1-11-12(9-16-17(11)2)13(19)18-7-4-14(5-8-18)3-6-15-10-14;/h9,15H,3-8,10H2,1-2H3;1H. The second-order valence-electron chi connectivity index (χ2n) is 5.99. The fraction of sp³-hybridized carbons (Fsp3) is 0.714. The van der Waals surface area contributed by atoms with Crippen molar-refractivity contribution in [3.8, 4) is 0 Å². The largest absolute Gasteiger partial charge is 0.339 e. The molecule has 2 aliphatic heterocycles. The Morgan fingerprint density at radius 1 is 1.35 bits per heavy atom. The first-order valence-electron chi connectivity index (χ1n) is 7.10. The van der Waals surface area contributed by atoms with Crippen molar-refractivity contribution in [1.29, 1.82) is 0 Å². The van der Waals surface area contributed by atoms with Crippen LogP contribution in [0.1, 0.15) is 35.3 Å². The van der Waals surface area contributed by atoms with Gasteiger partial charge in [-0.15, -0.1) is 12.4 Å². The van der Waals surface area contributed by atoms with E-state index in [0.29, 0.717) is 5.41 Å². The normalized spacial score (nSPS) is 21.0. The van der Waals surface area contributed by atoms with Crippen molar-refractivity contribution in [3.63, 3.8) is 0 Å². The molecule has 5 nitrogen and oxygen atoms in total. The zero-order valence-electron chi connectivity index (χ0n) is 12.2. The molecule has 2 saturated heterocycles. The van der Waals surface area contributed by atoms with Gasteiger partial charge in [-0.25, -0.2) is 0 Å². The number of aromatic nitrogens is 2. The van der Waals surface area contributed by atoms with Gasteiger partial charge in [-0.05, 0) is 38.1 Å². The molecule has 0 bridgehead atoms. The maximum Gasteiger partial charge on any atom is 0.257 e. The van der Waals surface area contributed by atoms with Gasteiger partial charge in [-0.3, -0.25) is 9.48 Å². The van der Waals surface area contributed by atoms with Crippen molar-refractivity contribution < 1.29 is 4.79 Å². The molecule has 1 aromatic rings. The van der Waals surface area contributed by atoms with Crippen LogP contribution >= 0.6 is 12.4 Å². The summed E-state index contributed by atoms with van der Waals surface area (Å²) in [5, 5.41) is 7.62. The van der Waals surface area contributed by atoms with Crippen LogP contribution in [0.5, 0.6) is 0 Å². The topological polar surface area (TPSA) is 50.2 Å². The number of halogens is 1. The highest BCUT2D eigenvalue weighted by atomic mass is 35.5. The van der Waals surface area contributed by atoms with Crippen LogP contribution in [0, 0.1) is 12.3 Å². The molecule has 3 heterocycles. The third-order valence-corrected chi connectivity index (χ3v) is 4.91. The number of carbonyl (C=O) groups excluding carboxylic acids is 1. The molecule has 0 aromatic carbocycles. The summed E-state index contributed by atoms with van der Waals surface area (Å²) < 4.78 is 1.76. The molecule has 3 rings (SSSR count). The van der Waals surface area contributed by atoms with E-state index in [2.05, 4.69) is 10.4 Å². The number of rotatable bonds is 1. The Morgan fingerprint density at radius 2 is 2.05 bits per heavy atom. The fourth-order valence-electron chi connectivity index (χ4n) is 3.29. The lowest BCUT2D eigenvalue weighted by atomic mass is 9.78. The molecule has 0 aliphatic carbocycles. The van der Waals surface area contributed by atoms with Crippen LogP contribution in [-0.4, -0.2) is 46.8 Å². The first kappa shape index (κ1) is 15.3. The van der Waals surface area contributed by atoms with Crippen molar-refractivity contribution in [2.45, 2.75) is 26.2 Å². The molecule has 0 radical (unpaired) electrons. The number of piperidine rings is 1. The molecule has 1 aromatic heterocycles. The minimum atomic E-state index is 0. The Balaban J connectivity index is 0.00000147. The Labute approximate surface area is 126 Å². The van der Waals surface area contributed by atoms with Gasteiger partial charge in [0.25, 0.3) is 5.91 Å². The summed E-state index contributed by atoms with van der Waals surface area (Å²) in [5.41, 5.74) is 2.16. The van der Waals surface area contributed by atoms with Crippen molar-refractivity contribution in [1.82, 2.24) is 20.0 Å². The molecule has 0 saturated carbocycles. The number of carbonyl (C=O) groups is 1. The Bertz CT molecular complexity index is 483. The van der Waals surface area contributed by atoms with Crippen molar-refractivity contribution in [2.24, 2.45) is 12.5 Å². The number of amides is 1. The number of likely N-dealkylation sites (tertiary alicyclic amines) is 1. The number of nitrogens with one attached hydrogen (secondary N) is 1. The van der Waals surface area contributed by atoms with Gasteiger partial charge in [0, 0.05) is 32.4 Å². The van der Waals surface area contributed by atoms with Crippen LogP contribution in [-0.2, 0) is 7.05 Å². The van der Waals surface area contributed by atoms with Crippen molar-refractivity contribution >= 4 is 18.3 Å². The van der Waals surface area contributed by atoms with Gasteiger partial charge in [-0.2, -0.15) is 5.10 Å². The van der Waals surface area contributed by atoms with E-state index < -0.39 is 0 Å². The summed E-state index contributed by atoms with van der Waals surface area (Å²) in [7, 11) is 1.88. The van der Waals surface area contributed by atoms with Gasteiger partial charge in [0.15, 0.2) is 0 Å². The van der Waals surface area contributed by atoms with Gasteiger partial charge in [0.05, 0.1) is 11.8 Å². The second kappa shape index (κ2) is 5.74. The van der Waals surface area contributed by atoms with Crippen LogP contribution in [0.25, 0.3) is 0 Å². The van der Waals surface area contributed by atoms with E-state index in [4.69, 9.17) is 0 Å². The third-order valence-electron chi connectivity index (χ3n) is 4.91. The predicted molar refractivity (Wildman–Crippen MR) is 80.3 cm³/mol. The van der Waals surface area contributed by atoms with E-state index in [0.717, 1.165) is 50.3 Å². The van der Waals surface area contributed by atoms with E-state index >= 15 is 0 Å². The summed E-state index contributed by atoms with van der Waals surface area (Å²) in [6, 6.07) is 0. The molecule has 1 spiro atoms. The van der Waals surface area contributed by atoms with Crippen molar-refractivity contribution in [2.75, 3.05) is 26.2 Å². The first-order valence-corrected chi connectivity index (χ1v) is 7.10. The summed E-state index contributed by atoms with van der Waals surface area (Å²) in [4.78, 5) is 14.5. The Kier molecular flexibility index (Phi) is 4.39. The number of aryl methyl sites for hydroxylation is 1. The highest BCUT2D eigenvalue weighted by molar-refractivity contribution is 5.95.